The Morgan fingerprint density at radius 3 is 2.20 bits per heavy atom. The minimum Gasteiger partial charge on any atom is -0.479 e. The van der Waals surface area contributed by atoms with Crippen LogP contribution in [0.15, 0.2) is 60.7 Å². The van der Waals surface area contributed by atoms with Crippen LogP contribution in [0.25, 0.3) is 0 Å². The van der Waals surface area contributed by atoms with Crippen molar-refractivity contribution in [3.63, 3.8) is 0 Å². The fourth-order valence-electron chi connectivity index (χ4n) is 3.77. The Hall–Kier alpha value is -2.04. The zero-order chi connectivity index (χ0) is 25.0. The van der Waals surface area contributed by atoms with Crippen molar-refractivity contribution in [1.82, 2.24) is 0 Å². The lowest BCUT2D eigenvalue weighted by Crippen LogP contribution is -2.41. The molecule has 1 unspecified atom stereocenters. The molecule has 0 bridgehead atoms. The van der Waals surface area contributed by atoms with Crippen molar-refractivity contribution in [3.8, 4) is 0 Å². The molecule has 0 spiro atoms. The largest absolute Gasteiger partial charge is 0.479 e. The first-order chi connectivity index (χ1) is 17.0. The lowest BCUT2D eigenvalue weighted by Gasteiger charge is -2.26. The van der Waals surface area contributed by atoms with E-state index >= 15 is 4.39 Å². The lowest BCUT2D eigenvalue weighted by atomic mass is 9.96. The third-order valence-electron chi connectivity index (χ3n) is 5.37. The average molecular weight is 523 g/mol. The first-order valence-electron chi connectivity index (χ1n) is 11.6. The van der Waals surface area contributed by atoms with Crippen LogP contribution >= 0.6 is 24.0 Å². The van der Waals surface area contributed by atoms with E-state index in [0.29, 0.717) is 13.2 Å². The van der Waals surface area contributed by atoms with Crippen LogP contribution in [0, 0.1) is 5.92 Å². The predicted molar refractivity (Wildman–Crippen MR) is 137 cm³/mol. The molecule has 190 valence electrons. The van der Waals surface area contributed by atoms with Gasteiger partial charge in [0.1, 0.15) is 11.5 Å². The second kappa shape index (κ2) is 14.5. The molecular weight excluding hydrogens is 491 g/mol. The summed E-state index contributed by atoms with van der Waals surface area (Å²) >= 11 is 6.33. The van der Waals surface area contributed by atoms with Crippen molar-refractivity contribution in [2.24, 2.45) is 5.92 Å². The van der Waals surface area contributed by atoms with Crippen LogP contribution in [0.3, 0.4) is 0 Å². The fraction of sp³-hybridized carbons (Fsp3) is 0.462. The van der Waals surface area contributed by atoms with E-state index in [1.165, 1.54) is 0 Å². The van der Waals surface area contributed by atoms with Gasteiger partial charge in [-0.3, -0.25) is 0 Å². The van der Waals surface area contributed by atoms with Gasteiger partial charge < -0.3 is 23.7 Å². The molecule has 0 radical (unpaired) electrons. The monoisotopic (exact) mass is 522 g/mol. The van der Waals surface area contributed by atoms with Crippen LogP contribution in [0.2, 0.25) is 0 Å². The van der Waals surface area contributed by atoms with E-state index in [1.54, 1.807) is 6.92 Å². The Bertz CT molecular complexity index is 917. The van der Waals surface area contributed by atoms with Crippen LogP contribution < -0.4 is 0 Å². The summed E-state index contributed by atoms with van der Waals surface area (Å²) in [5.41, 5.74) is 1.12. The number of ether oxygens (including phenoxy) is 5. The maximum Gasteiger partial charge on any atom is 0.341 e. The quantitative estimate of drug-likeness (QED) is 0.282. The predicted octanol–water partition coefficient (Wildman–Crippen LogP) is 5.09. The summed E-state index contributed by atoms with van der Waals surface area (Å²) in [4.78, 5) is 12.4. The topological polar surface area (TPSA) is 63.2 Å². The second-order valence-corrected chi connectivity index (χ2v) is 9.54. The van der Waals surface area contributed by atoms with E-state index < -0.39 is 35.7 Å². The smallest absolute Gasteiger partial charge is 0.341 e. The van der Waals surface area contributed by atoms with Gasteiger partial charge in [0.15, 0.2) is 0 Å². The van der Waals surface area contributed by atoms with Crippen LogP contribution in [0.1, 0.15) is 25.0 Å². The molecule has 1 saturated heterocycles. The highest BCUT2D eigenvalue weighted by Crippen LogP contribution is 2.41. The van der Waals surface area contributed by atoms with Crippen LogP contribution in [-0.4, -0.2) is 54.0 Å². The minimum atomic E-state index is -1.96. The van der Waals surface area contributed by atoms with Crippen molar-refractivity contribution in [2.75, 3.05) is 19.8 Å². The van der Waals surface area contributed by atoms with E-state index in [2.05, 4.69) is 0 Å². The second-order valence-electron chi connectivity index (χ2n) is 7.84. The third kappa shape index (κ3) is 8.25. The Kier molecular flexibility index (Phi) is 11.4. The molecule has 0 N–H and O–H groups in total. The van der Waals surface area contributed by atoms with Crippen LogP contribution in [-0.2, 0) is 41.7 Å². The molecule has 2 aromatic carbocycles. The van der Waals surface area contributed by atoms with Gasteiger partial charge >= 0.3 is 5.97 Å². The van der Waals surface area contributed by atoms with Gasteiger partial charge in [-0.2, -0.15) is 0 Å². The Balaban J connectivity index is 1.79. The van der Waals surface area contributed by atoms with Crippen molar-refractivity contribution in [3.05, 3.63) is 71.8 Å². The number of carbonyl (C=O) groups excluding carboxylic acids is 1. The number of carbonyl (C=O) groups is 1. The maximum absolute atomic E-state index is 15.5. The Morgan fingerprint density at radius 1 is 1.00 bits per heavy atom. The first-order valence-corrected chi connectivity index (χ1v) is 12.9. The van der Waals surface area contributed by atoms with Gasteiger partial charge in [-0.15, -0.1) is 0 Å². The number of benzene rings is 2. The maximum atomic E-state index is 15.5. The molecule has 1 aliphatic heterocycles. The number of thioether (sulfide) groups is 1. The number of halogens is 1. The van der Waals surface area contributed by atoms with Crippen molar-refractivity contribution < 1.29 is 32.9 Å². The average Bonchev–Trinajstić information content (AvgIpc) is 3.20. The summed E-state index contributed by atoms with van der Waals surface area (Å²) in [7, 11) is 0. The van der Waals surface area contributed by atoms with Crippen molar-refractivity contribution >= 4 is 34.3 Å². The van der Waals surface area contributed by atoms with Crippen molar-refractivity contribution in [2.45, 2.75) is 50.9 Å². The lowest BCUT2D eigenvalue weighted by molar-refractivity contribution is -0.153. The standard InChI is InChI=1S/C26H31FO6S2/c1-3-30-24(28)22(27)21-23(32-16-19-13-9-6-10-14-19)20(33-25(21)35-26(34)31-4-2)17-29-15-18-11-7-5-8-12-18/h5-14,20-23,25H,3-4,15-17H2,1-2H3/t20-,21+,22?,23-,25-/m1/s1. The summed E-state index contributed by atoms with van der Waals surface area (Å²) in [5.74, 6) is -1.92. The summed E-state index contributed by atoms with van der Waals surface area (Å²) < 4.78 is 44.4. The molecule has 0 amide bonds. The molecule has 5 atom stereocenters. The molecule has 6 nitrogen and oxygen atoms in total. The van der Waals surface area contributed by atoms with Gasteiger partial charge in [-0.1, -0.05) is 60.7 Å². The van der Waals surface area contributed by atoms with Gasteiger partial charge in [-0.05, 0) is 49.0 Å². The molecule has 35 heavy (non-hydrogen) atoms. The van der Waals surface area contributed by atoms with E-state index in [-0.39, 0.29) is 24.2 Å². The highest BCUT2D eigenvalue weighted by molar-refractivity contribution is 8.22. The van der Waals surface area contributed by atoms with Gasteiger partial charge in [0.05, 0.1) is 45.1 Å². The summed E-state index contributed by atoms with van der Waals surface area (Å²) in [6.45, 7) is 4.63. The highest BCUT2D eigenvalue weighted by atomic mass is 32.2. The number of alkyl halides is 1. The third-order valence-corrected chi connectivity index (χ3v) is 6.75. The molecule has 3 rings (SSSR count). The number of esters is 1. The van der Waals surface area contributed by atoms with Gasteiger partial charge in [0, 0.05) is 0 Å². The molecule has 2 aromatic rings. The molecular formula is C26H31FO6S2. The number of thiocarbonyl (C=S) groups is 1. The first kappa shape index (κ1) is 27.5. The molecule has 9 heteroatoms. The van der Waals surface area contributed by atoms with Crippen LogP contribution in [0.5, 0.6) is 0 Å². The number of rotatable bonds is 12. The number of hydrogen-bond acceptors (Lipinski definition) is 8. The highest BCUT2D eigenvalue weighted by Gasteiger charge is 2.53. The van der Waals surface area contributed by atoms with E-state index in [9.17, 15) is 4.79 Å². The van der Waals surface area contributed by atoms with Crippen LogP contribution in [0.4, 0.5) is 4.39 Å². The molecule has 0 saturated carbocycles. The molecule has 0 aromatic heterocycles. The SMILES string of the molecule is CCOC(=O)C(F)[C@H]1[C@H](OCc2ccccc2)[C@@H](COCc2ccccc2)O[C@@H]1SC(=S)OCC. The van der Waals surface area contributed by atoms with Crippen molar-refractivity contribution in [1.29, 1.82) is 0 Å². The minimum absolute atomic E-state index is 0.0706. The molecule has 1 heterocycles. The summed E-state index contributed by atoms with van der Waals surface area (Å²) in [5, 5.41) is 0. The van der Waals surface area contributed by atoms with E-state index in [0.717, 1.165) is 22.9 Å². The molecule has 1 fully saturated rings. The Morgan fingerprint density at radius 2 is 1.60 bits per heavy atom. The van der Waals surface area contributed by atoms with Gasteiger partial charge in [-0.25, -0.2) is 9.18 Å². The normalized spacial score (nSPS) is 22.5. The zero-order valence-corrected chi connectivity index (χ0v) is 21.5. The van der Waals surface area contributed by atoms with E-state index in [1.807, 2.05) is 67.6 Å². The fourth-order valence-corrected chi connectivity index (χ4v) is 5.19. The molecule has 0 aliphatic carbocycles. The number of hydrogen-bond donors (Lipinski definition) is 0. The van der Waals surface area contributed by atoms with E-state index in [4.69, 9.17) is 35.9 Å². The summed E-state index contributed by atoms with van der Waals surface area (Å²) in [6.07, 6.45) is -3.36. The molecule has 1 aliphatic rings. The van der Waals surface area contributed by atoms with Gasteiger partial charge in [0.2, 0.25) is 10.6 Å². The van der Waals surface area contributed by atoms with Gasteiger partial charge in [0.25, 0.3) is 0 Å². The zero-order valence-electron chi connectivity index (χ0n) is 19.8. The summed E-state index contributed by atoms with van der Waals surface area (Å²) in [6, 6.07) is 19.3. The Labute approximate surface area is 215 Å².